The van der Waals surface area contributed by atoms with Crippen molar-refractivity contribution >= 4 is 34.8 Å². The first-order valence-electron chi connectivity index (χ1n) is 11.2. The Morgan fingerprint density at radius 1 is 1.03 bits per heavy atom. The fourth-order valence-corrected chi connectivity index (χ4v) is 4.46. The summed E-state index contributed by atoms with van der Waals surface area (Å²) >= 11 is 1.23. The Morgan fingerprint density at radius 2 is 1.71 bits per heavy atom. The molecular formula is C24H26N6O4S. The maximum absolute atomic E-state index is 12.5. The Balaban J connectivity index is 1.20. The van der Waals surface area contributed by atoms with Crippen LogP contribution >= 0.6 is 11.3 Å². The second-order valence-corrected chi connectivity index (χ2v) is 9.02. The summed E-state index contributed by atoms with van der Waals surface area (Å²) < 4.78 is 5.17. The molecule has 2 aromatic heterocycles. The number of esters is 1. The van der Waals surface area contributed by atoms with Crippen molar-refractivity contribution in [3.8, 4) is 10.8 Å². The van der Waals surface area contributed by atoms with E-state index in [1.165, 1.54) is 11.3 Å². The lowest BCUT2D eigenvalue weighted by atomic mass is 10.1. The van der Waals surface area contributed by atoms with E-state index in [1.54, 1.807) is 28.7 Å². The van der Waals surface area contributed by atoms with E-state index in [-0.39, 0.29) is 30.7 Å². The van der Waals surface area contributed by atoms with E-state index in [4.69, 9.17) is 4.74 Å². The molecule has 10 nitrogen and oxygen atoms in total. The number of hydrogen-bond donors (Lipinski definition) is 1. The molecule has 0 aliphatic carbocycles. The number of benzene rings is 1. The molecule has 1 fully saturated rings. The van der Waals surface area contributed by atoms with Gasteiger partial charge in [0.2, 0.25) is 5.91 Å². The van der Waals surface area contributed by atoms with Crippen LogP contribution in [0.5, 0.6) is 0 Å². The smallest absolute Gasteiger partial charge is 0.358 e. The van der Waals surface area contributed by atoms with Gasteiger partial charge in [-0.3, -0.25) is 14.5 Å². The van der Waals surface area contributed by atoms with Gasteiger partial charge in [0.1, 0.15) is 0 Å². The Kier molecular flexibility index (Phi) is 7.78. The molecule has 4 rings (SSSR count). The van der Waals surface area contributed by atoms with Gasteiger partial charge in [-0.15, -0.1) is 11.3 Å². The summed E-state index contributed by atoms with van der Waals surface area (Å²) in [6.07, 6.45) is 3.19. The van der Waals surface area contributed by atoms with Crippen molar-refractivity contribution < 1.29 is 19.1 Å². The van der Waals surface area contributed by atoms with Gasteiger partial charge in [0.15, 0.2) is 23.1 Å². The molecule has 1 aliphatic heterocycles. The SMILES string of the molecule is Cc1cccc(C)c1NC(=O)CN1CCN(C(=O)COC(=O)c2csc(-c3ncccn3)n2)CC1. The molecule has 0 radical (unpaired) electrons. The van der Waals surface area contributed by atoms with Crippen LogP contribution in [-0.2, 0) is 14.3 Å². The molecule has 0 saturated carbocycles. The highest BCUT2D eigenvalue weighted by Gasteiger charge is 2.24. The second kappa shape index (κ2) is 11.2. The molecule has 0 spiro atoms. The van der Waals surface area contributed by atoms with Crippen LogP contribution in [0, 0.1) is 13.8 Å². The van der Waals surface area contributed by atoms with Gasteiger partial charge in [0.05, 0.1) is 6.54 Å². The fourth-order valence-electron chi connectivity index (χ4n) is 3.72. The van der Waals surface area contributed by atoms with Gasteiger partial charge in [0, 0.05) is 49.6 Å². The predicted molar refractivity (Wildman–Crippen MR) is 131 cm³/mol. The number of anilines is 1. The van der Waals surface area contributed by atoms with Crippen LogP contribution in [0.2, 0.25) is 0 Å². The third kappa shape index (κ3) is 6.25. The molecule has 1 aromatic carbocycles. The number of aromatic nitrogens is 3. The van der Waals surface area contributed by atoms with E-state index in [2.05, 4.69) is 20.3 Å². The first-order valence-corrected chi connectivity index (χ1v) is 12.0. The molecule has 0 atom stereocenters. The zero-order valence-corrected chi connectivity index (χ0v) is 20.4. The lowest BCUT2D eigenvalue weighted by Crippen LogP contribution is -2.51. The molecule has 2 amide bonds. The van der Waals surface area contributed by atoms with Gasteiger partial charge in [-0.1, -0.05) is 18.2 Å². The van der Waals surface area contributed by atoms with Gasteiger partial charge in [-0.25, -0.2) is 19.7 Å². The summed E-state index contributed by atoms with van der Waals surface area (Å²) in [4.78, 5) is 53.4. The summed E-state index contributed by atoms with van der Waals surface area (Å²) in [5.74, 6) is -0.605. The minimum Gasteiger partial charge on any atom is -0.451 e. The minimum absolute atomic E-state index is 0.0837. The molecule has 35 heavy (non-hydrogen) atoms. The molecule has 182 valence electrons. The summed E-state index contributed by atoms with van der Waals surface area (Å²) in [6, 6.07) is 7.58. The van der Waals surface area contributed by atoms with Crippen molar-refractivity contribution in [2.24, 2.45) is 0 Å². The zero-order chi connectivity index (χ0) is 24.8. The molecule has 0 bridgehead atoms. The highest BCUT2D eigenvalue weighted by Crippen LogP contribution is 2.20. The van der Waals surface area contributed by atoms with Crippen LogP contribution in [0.15, 0.2) is 42.0 Å². The number of rotatable bonds is 7. The first kappa shape index (κ1) is 24.4. The molecule has 1 aliphatic rings. The van der Waals surface area contributed by atoms with Crippen molar-refractivity contribution in [3.05, 3.63) is 58.9 Å². The van der Waals surface area contributed by atoms with Crippen LogP contribution in [-0.4, -0.2) is 81.9 Å². The number of piperazine rings is 1. The average molecular weight is 495 g/mol. The monoisotopic (exact) mass is 494 g/mol. The van der Waals surface area contributed by atoms with Crippen LogP contribution in [0.4, 0.5) is 5.69 Å². The summed E-state index contributed by atoms with van der Waals surface area (Å²) in [6.45, 7) is 5.86. The van der Waals surface area contributed by atoms with Crippen molar-refractivity contribution in [1.82, 2.24) is 24.8 Å². The number of aryl methyl sites for hydroxylation is 2. The number of amides is 2. The number of para-hydroxylation sites is 1. The van der Waals surface area contributed by atoms with Crippen LogP contribution in [0.25, 0.3) is 10.8 Å². The number of thiazole rings is 1. The number of nitrogens with one attached hydrogen (secondary N) is 1. The zero-order valence-electron chi connectivity index (χ0n) is 19.6. The topological polar surface area (TPSA) is 118 Å². The standard InChI is InChI=1S/C24H26N6O4S/c1-16-5-3-6-17(2)21(16)28-19(31)13-29-9-11-30(12-10-29)20(32)14-34-24(33)18-15-35-23(27-18)22-25-7-4-8-26-22/h3-8,15H,9-14H2,1-2H3,(H,28,31). The third-order valence-corrected chi connectivity index (χ3v) is 6.47. The first-order chi connectivity index (χ1) is 16.9. The van der Waals surface area contributed by atoms with Crippen molar-refractivity contribution in [3.63, 3.8) is 0 Å². The Morgan fingerprint density at radius 3 is 2.40 bits per heavy atom. The lowest BCUT2D eigenvalue weighted by Gasteiger charge is -2.34. The van der Waals surface area contributed by atoms with E-state index in [0.717, 1.165) is 16.8 Å². The van der Waals surface area contributed by atoms with E-state index >= 15 is 0 Å². The van der Waals surface area contributed by atoms with E-state index < -0.39 is 5.97 Å². The number of carbonyl (C=O) groups excluding carboxylic acids is 3. The fraction of sp³-hybridized carbons (Fsp3) is 0.333. The van der Waals surface area contributed by atoms with Gasteiger partial charge in [0.25, 0.3) is 5.91 Å². The number of carbonyl (C=O) groups is 3. The second-order valence-electron chi connectivity index (χ2n) is 8.16. The van der Waals surface area contributed by atoms with E-state index in [0.29, 0.717) is 37.0 Å². The molecule has 1 saturated heterocycles. The van der Waals surface area contributed by atoms with Crippen molar-refractivity contribution in [2.45, 2.75) is 13.8 Å². The highest BCUT2D eigenvalue weighted by molar-refractivity contribution is 7.13. The van der Waals surface area contributed by atoms with Crippen LogP contribution < -0.4 is 5.32 Å². The third-order valence-electron chi connectivity index (χ3n) is 5.63. The summed E-state index contributed by atoms with van der Waals surface area (Å²) in [7, 11) is 0. The molecule has 1 N–H and O–H groups in total. The quantitative estimate of drug-likeness (QED) is 0.497. The number of hydrogen-bond acceptors (Lipinski definition) is 9. The lowest BCUT2D eigenvalue weighted by molar-refractivity contribution is -0.136. The number of ether oxygens (including phenoxy) is 1. The number of nitrogens with zero attached hydrogens (tertiary/aromatic N) is 5. The average Bonchev–Trinajstić information content (AvgIpc) is 3.36. The molecule has 3 aromatic rings. The molecule has 11 heteroatoms. The van der Waals surface area contributed by atoms with Crippen LogP contribution in [0.3, 0.4) is 0 Å². The Bertz CT molecular complexity index is 1190. The van der Waals surface area contributed by atoms with Gasteiger partial charge >= 0.3 is 5.97 Å². The minimum atomic E-state index is -0.668. The summed E-state index contributed by atoms with van der Waals surface area (Å²) in [5.41, 5.74) is 3.00. The largest absolute Gasteiger partial charge is 0.451 e. The predicted octanol–water partition coefficient (Wildman–Crippen LogP) is 2.16. The van der Waals surface area contributed by atoms with E-state index in [1.807, 2.05) is 36.9 Å². The highest BCUT2D eigenvalue weighted by atomic mass is 32.1. The van der Waals surface area contributed by atoms with Crippen molar-refractivity contribution in [1.29, 1.82) is 0 Å². The van der Waals surface area contributed by atoms with Gasteiger partial charge in [-0.2, -0.15) is 0 Å². The molecule has 3 heterocycles. The van der Waals surface area contributed by atoms with Gasteiger partial charge < -0.3 is 15.0 Å². The normalized spacial score (nSPS) is 13.9. The Labute approximate surface area is 207 Å². The van der Waals surface area contributed by atoms with Crippen molar-refractivity contribution in [2.75, 3.05) is 44.6 Å². The molecule has 0 unspecified atom stereocenters. The summed E-state index contributed by atoms with van der Waals surface area (Å²) in [5, 5.41) is 5.05. The van der Waals surface area contributed by atoms with Gasteiger partial charge in [-0.05, 0) is 31.0 Å². The molecular weight excluding hydrogens is 468 g/mol. The van der Waals surface area contributed by atoms with E-state index in [9.17, 15) is 14.4 Å². The maximum Gasteiger partial charge on any atom is 0.358 e. The Hall–Kier alpha value is -3.70. The maximum atomic E-state index is 12.5. The van der Waals surface area contributed by atoms with Crippen LogP contribution in [0.1, 0.15) is 21.6 Å².